The normalized spacial score (nSPS) is 15.0. The summed E-state index contributed by atoms with van der Waals surface area (Å²) in [7, 11) is 1.58. The minimum absolute atomic E-state index is 0.0920. The average Bonchev–Trinajstić information content (AvgIpc) is 3.43. The zero-order valence-electron chi connectivity index (χ0n) is 20.6. The van der Waals surface area contributed by atoms with Crippen LogP contribution in [0.4, 0.5) is 11.4 Å². The summed E-state index contributed by atoms with van der Waals surface area (Å²) in [6.45, 7) is 3.75. The Morgan fingerprint density at radius 3 is 2.49 bits per heavy atom. The van der Waals surface area contributed by atoms with Crippen LogP contribution in [0.2, 0.25) is 0 Å². The third-order valence-electron chi connectivity index (χ3n) is 5.83. The van der Waals surface area contributed by atoms with Crippen LogP contribution >= 0.6 is 23.1 Å². The van der Waals surface area contributed by atoms with E-state index in [-0.39, 0.29) is 17.6 Å². The van der Waals surface area contributed by atoms with Gasteiger partial charge in [0.25, 0.3) is 5.91 Å². The van der Waals surface area contributed by atoms with Gasteiger partial charge in [-0.2, -0.15) is 5.26 Å². The highest BCUT2D eigenvalue weighted by Crippen LogP contribution is 2.42. The van der Waals surface area contributed by atoms with Crippen molar-refractivity contribution in [2.45, 2.75) is 19.8 Å². The highest BCUT2D eigenvalue weighted by atomic mass is 32.2. The maximum absolute atomic E-state index is 13.5. The molecule has 3 N–H and O–H groups in total. The molecule has 188 valence electrons. The quantitative estimate of drug-likeness (QED) is 0.342. The molecule has 1 aromatic heterocycles. The van der Waals surface area contributed by atoms with Gasteiger partial charge in [0.2, 0.25) is 5.91 Å². The van der Waals surface area contributed by atoms with E-state index < -0.39 is 5.92 Å². The van der Waals surface area contributed by atoms with Crippen LogP contribution in [0.15, 0.2) is 87.9 Å². The van der Waals surface area contributed by atoms with Crippen LogP contribution < -0.4 is 20.7 Å². The Kier molecular flexibility index (Phi) is 8.33. The number of para-hydroxylation sites is 1. The molecule has 3 aromatic rings. The maximum Gasteiger partial charge on any atom is 0.254 e. The van der Waals surface area contributed by atoms with Crippen LogP contribution in [0.5, 0.6) is 5.75 Å². The number of allylic oxidation sites excluding steroid dienone is 2. The predicted molar refractivity (Wildman–Crippen MR) is 149 cm³/mol. The Bertz CT molecular complexity index is 1400. The molecule has 0 bridgehead atoms. The lowest BCUT2D eigenvalue weighted by atomic mass is 9.86. The van der Waals surface area contributed by atoms with Crippen LogP contribution in [0, 0.1) is 18.3 Å². The number of amides is 2. The molecule has 0 saturated carbocycles. The number of thioether (sulfide) groups is 1. The van der Waals surface area contributed by atoms with Gasteiger partial charge in [0, 0.05) is 27.5 Å². The van der Waals surface area contributed by atoms with Gasteiger partial charge in [0.05, 0.1) is 35.5 Å². The third-order valence-corrected chi connectivity index (χ3v) is 7.79. The highest BCUT2D eigenvalue weighted by Gasteiger charge is 2.35. The second-order valence-electron chi connectivity index (χ2n) is 8.30. The number of rotatable bonds is 8. The van der Waals surface area contributed by atoms with Gasteiger partial charge >= 0.3 is 0 Å². The Labute approximate surface area is 224 Å². The molecule has 1 aliphatic rings. The van der Waals surface area contributed by atoms with Crippen molar-refractivity contribution in [2.75, 3.05) is 23.5 Å². The molecule has 0 unspecified atom stereocenters. The number of hydrogen-bond donors (Lipinski definition) is 3. The zero-order chi connectivity index (χ0) is 26.4. The van der Waals surface area contributed by atoms with Crippen LogP contribution in [-0.4, -0.2) is 24.7 Å². The Balaban J connectivity index is 1.56. The number of nitrogens with one attached hydrogen (secondary N) is 3. The fourth-order valence-electron chi connectivity index (χ4n) is 3.98. The molecule has 9 heteroatoms. The number of anilines is 2. The summed E-state index contributed by atoms with van der Waals surface area (Å²) >= 11 is 2.72. The molecular formula is C28H26N4O3S2. The number of nitrogens with zero attached hydrogens (tertiary/aromatic N) is 1. The molecule has 7 nitrogen and oxygen atoms in total. The largest absolute Gasteiger partial charge is 0.497 e. The number of ether oxygens (including phenoxy) is 1. The number of benzene rings is 2. The highest BCUT2D eigenvalue weighted by molar-refractivity contribution is 8.03. The van der Waals surface area contributed by atoms with Gasteiger partial charge < -0.3 is 20.7 Å². The van der Waals surface area contributed by atoms with E-state index >= 15 is 0 Å². The number of carbonyl (C=O) groups is 2. The van der Waals surface area contributed by atoms with E-state index in [1.807, 2.05) is 55.6 Å². The van der Waals surface area contributed by atoms with Crippen LogP contribution in [0.25, 0.3) is 0 Å². The standard InChI is InChI=1S/C28H26N4O3S2/c1-17-7-4-5-8-22(17)32-27(34)25-18(2)30-28(21(15-29)26(25)23-9-6-14-36-23)37-16-24(33)31-19-10-12-20(35-3)13-11-19/h4-14,26,30H,16H2,1-3H3,(H,31,33)(H,32,34)/t26-/m1/s1. The third kappa shape index (κ3) is 6.05. The first-order valence-corrected chi connectivity index (χ1v) is 13.4. The van der Waals surface area contributed by atoms with Gasteiger partial charge in [-0.05, 0) is 61.2 Å². The minimum atomic E-state index is -0.539. The number of aryl methyl sites for hydroxylation is 1. The van der Waals surface area contributed by atoms with Crippen LogP contribution in [0.1, 0.15) is 23.3 Å². The van der Waals surface area contributed by atoms with Crippen molar-refractivity contribution in [1.82, 2.24) is 5.32 Å². The summed E-state index contributed by atoms with van der Waals surface area (Å²) in [4.78, 5) is 27.0. The first kappa shape index (κ1) is 26.1. The molecule has 0 spiro atoms. The predicted octanol–water partition coefficient (Wildman–Crippen LogP) is 5.77. The monoisotopic (exact) mass is 530 g/mol. The number of dihydropyridines is 1. The van der Waals surface area contributed by atoms with E-state index in [1.165, 1.54) is 23.1 Å². The van der Waals surface area contributed by atoms with Crippen molar-refractivity contribution in [3.63, 3.8) is 0 Å². The molecule has 1 aliphatic heterocycles. The molecule has 2 aromatic carbocycles. The lowest BCUT2D eigenvalue weighted by Gasteiger charge is -2.29. The smallest absolute Gasteiger partial charge is 0.254 e. The van der Waals surface area contributed by atoms with Gasteiger partial charge in [-0.3, -0.25) is 9.59 Å². The number of thiophene rings is 1. The molecule has 2 heterocycles. The van der Waals surface area contributed by atoms with E-state index in [0.717, 1.165) is 16.1 Å². The summed E-state index contributed by atoms with van der Waals surface area (Å²) in [6.07, 6.45) is 0. The van der Waals surface area contributed by atoms with Crippen molar-refractivity contribution < 1.29 is 14.3 Å². The van der Waals surface area contributed by atoms with Gasteiger partial charge in [0.1, 0.15) is 5.75 Å². The van der Waals surface area contributed by atoms with Gasteiger partial charge in [-0.25, -0.2) is 0 Å². The van der Waals surface area contributed by atoms with Gasteiger partial charge in [-0.15, -0.1) is 11.3 Å². The fourth-order valence-corrected chi connectivity index (χ4v) is 5.71. The summed E-state index contributed by atoms with van der Waals surface area (Å²) < 4.78 is 5.15. The van der Waals surface area contributed by atoms with Crippen molar-refractivity contribution in [2.24, 2.45) is 0 Å². The summed E-state index contributed by atoms with van der Waals surface area (Å²) in [6, 6.07) is 20.8. The Morgan fingerprint density at radius 1 is 1.08 bits per heavy atom. The molecule has 37 heavy (non-hydrogen) atoms. The van der Waals surface area contributed by atoms with Gasteiger partial charge in [0.15, 0.2) is 0 Å². The van der Waals surface area contributed by atoms with E-state index in [2.05, 4.69) is 22.0 Å². The van der Waals surface area contributed by atoms with Gasteiger partial charge in [-0.1, -0.05) is 36.0 Å². The summed E-state index contributed by atoms with van der Waals surface area (Å²) in [5.74, 6) is -0.227. The summed E-state index contributed by atoms with van der Waals surface area (Å²) in [5, 5.41) is 21.7. The molecule has 0 aliphatic carbocycles. The second kappa shape index (κ2) is 11.8. The van der Waals surface area contributed by atoms with Crippen LogP contribution in [0.3, 0.4) is 0 Å². The lowest BCUT2D eigenvalue weighted by Crippen LogP contribution is -2.31. The lowest BCUT2D eigenvalue weighted by molar-refractivity contribution is -0.114. The van der Waals surface area contributed by atoms with Crippen LogP contribution in [-0.2, 0) is 9.59 Å². The minimum Gasteiger partial charge on any atom is -0.497 e. The molecule has 2 amide bonds. The second-order valence-corrected chi connectivity index (χ2v) is 10.3. The molecule has 4 rings (SSSR count). The molecule has 1 atom stereocenters. The number of methoxy groups -OCH3 is 1. The summed E-state index contributed by atoms with van der Waals surface area (Å²) in [5.41, 5.74) is 3.84. The first-order chi connectivity index (χ1) is 17.9. The SMILES string of the molecule is COc1ccc(NC(=O)CSC2=C(C#N)[C@H](c3cccs3)C(C(=O)Nc3ccccc3C)=C(C)N2)cc1. The number of carbonyl (C=O) groups excluding carboxylic acids is 2. The number of hydrogen-bond acceptors (Lipinski definition) is 7. The van der Waals surface area contributed by atoms with Crippen molar-refractivity contribution in [3.8, 4) is 11.8 Å². The molecule has 0 radical (unpaired) electrons. The van der Waals surface area contributed by atoms with E-state index in [4.69, 9.17) is 4.74 Å². The molecular weight excluding hydrogens is 504 g/mol. The fraction of sp³-hybridized carbons (Fsp3) is 0.179. The average molecular weight is 531 g/mol. The van der Waals surface area contributed by atoms with Crippen molar-refractivity contribution in [3.05, 3.63) is 98.4 Å². The zero-order valence-corrected chi connectivity index (χ0v) is 22.3. The van der Waals surface area contributed by atoms with Crippen molar-refractivity contribution >= 4 is 46.3 Å². The topological polar surface area (TPSA) is 103 Å². The number of nitriles is 1. The van der Waals surface area contributed by atoms with E-state index in [1.54, 1.807) is 31.4 Å². The molecule has 0 saturated heterocycles. The van der Waals surface area contributed by atoms with E-state index in [0.29, 0.717) is 33.3 Å². The Hall–Kier alpha value is -4.00. The van der Waals surface area contributed by atoms with E-state index in [9.17, 15) is 14.9 Å². The maximum atomic E-state index is 13.5. The molecule has 0 fully saturated rings. The first-order valence-electron chi connectivity index (χ1n) is 11.5. The van der Waals surface area contributed by atoms with Crippen molar-refractivity contribution in [1.29, 1.82) is 5.26 Å². The Morgan fingerprint density at radius 2 is 1.84 bits per heavy atom.